The lowest BCUT2D eigenvalue weighted by molar-refractivity contribution is -0.138. The van der Waals surface area contributed by atoms with Gasteiger partial charge in [-0.3, -0.25) is 9.59 Å². The minimum atomic E-state index is -0.00757. The summed E-state index contributed by atoms with van der Waals surface area (Å²) < 4.78 is 0. The maximum absolute atomic E-state index is 13.2. The molecule has 1 aliphatic carbocycles. The smallest absolute Gasteiger partial charge is 0.257 e. The Balaban J connectivity index is 1.23. The molecular formula is C26H28N2O2S. The van der Waals surface area contributed by atoms with Gasteiger partial charge in [0.15, 0.2) is 0 Å². The second-order valence-electron chi connectivity index (χ2n) is 8.94. The van der Waals surface area contributed by atoms with Crippen molar-refractivity contribution in [2.24, 2.45) is 5.92 Å². The van der Waals surface area contributed by atoms with Gasteiger partial charge in [0.1, 0.15) is 0 Å². The van der Waals surface area contributed by atoms with E-state index in [2.05, 4.69) is 60.8 Å². The summed E-state index contributed by atoms with van der Waals surface area (Å²) in [7, 11) is 0. The van der Waals surface area contributed by atoms with Crippen LogP contribution in [0.15, 0.2) is 53.4 Å². The van der Waals surface area contributed by atoms with Gasteiger partial charge in [0, 0.05) is 30.3 Å². The van der Waals surface area contributed by atoms with Gasteiger partial charge in [0.05, 0.1) is 4.91 Å². The van der Waals surface area contributed by atoms with E-state index in [0.29, 0.717) is 11.8 Å². The molecule has 5 rings (SSSR count). The van der Waals surface area contributed by atoms with E-state index in [9.17, 15) is 9.59 Å². The van der Waals surface area contributed by atoms with Crippen molar-refractivity contribution < 1.29 is 9.59 Å². The average Bonchev–Trinajstić information content (AvgIpc) is 2.80. The van der Waals surface area contributed by atoms with Crippen LogP contribution in [0, 0.1) is 12.8 Å². The molecule has 0 aromatic heterocycles. The number of benzene rings is 2. The highest BCUT2D eigenvalue weighted by molar-refractivity contribution is 8.04. The molecule has 0 bridgehead atoms. The van der Waals surface area contributed by atoms with Crippen LogP contribution in [0.4, 0.5) is 0 Å². The first-order valence-corrected chi connectivity index (χ1v) is 12.1. The van der Waals surface area contributed by atoms with Crippen molar-refractivity contribution >= 4 is 29.7 Å². The second-order valence-corrected chi connectivity index (χ2v) is 10.2. The molecular weight excluding hydrogens is 404 g/mol. The Bertz CT molecular complexity index is 1030. The molecule has 5 heteroatoms. The summed E-state index contributed by atoms with van der Waals surface area (Å²) in [5.41, 5.74) is 4.89. The molecule has 3 atom stereocenters. The average molecular weight is 433 g/mol. The maximum Gasteiger partial charge on any atom is 0.257 e. The number of hydrogen-bond donors (Lipinski definition) is 1. The van der Waals surface area contributed by atoms with Crippen LogP contribution in [0.3, 0.4) is 0 Å². The third-order valence-corrected chi connectivity index (χ3v) is 8.20. The molecule has 4 nitrogen and oxygen atoms in total. The summed E-state index contributed by atoms with van der Waals surface area (Å²) in [5.74, 6) is 0.259. The second kappa shape index (κ2) is 8.54. The van der Waals surface area contributed by atoms with Crippen LogP contribution in [-0.4, -0.2) is 34.6 Å². The molecule has 2 heterocycles. The number of nitrogens with one attached hydrogen (secondary N) is 1. The number of aryl methyl sites for hydroxylation is 1. The minimum absolute atomic E-state index is 0.00757. The molecule has 2 amide bonds. The summed E-state index contributed by atoms with van der Waals surface area (Å²) in [5, 5.41) is 3.55. The number of nitrogens with zero attached hydrogens (tertiary/aromatic N) is 1. The van der Waals surface area contributed by atoms with E-state index in [1.54, 1.807) is 11.8 Å². The van der Waals surface area contributed by atoms with Crippen LogP contribution in [0.5, 0.6) is 0 Å². The van der Waals surface area contributed by atoms with Gasteiger partial charge in [0.2, 0.25) is 5.91 Å². The number of fused-ring (bicyclic) bond motifs is 2. The number of carbonyl (C=O) groups is 2. The zero-order valence-corrected chi connectivity index (χ0v) is 18.7. The van der Waals surface area contributed by atoms with Crippen LogP contribution >= 0.6 is 11.8 Å². The maximum atomic E-state index is 13.2. The number of hydrogen-bond acceptors (Lipinski definition) is 3. The van der Waals surface area contributed by atoms with E-state index in [1.807, 2.05) is 11.0 Å². The highest BCUT2D eigenvalue weighted by Gasteiger charge is 2.40. The monoisotopic (exact) mass is 432 g/mol. The molecule has 160 valence electrons. The van der Waals surface area contributed by atoms with Crippen molar-refractivity contribution in [2.45, 2.75) is 50.4 Å². The fraction of sp³-hybridized carbons (Fsp3) is 0.385. The number of carbonyl (C=O) groups excluding carboxylic acids is 2. The molecule has 2 aromatic rings. The predicted molar refractivity (Wildman–Crippen MR) is 125 cm³/mol. The highest BCUT2D eigenvalue weighted by Crippen LogP contribution is 2.40. The molecule has 1 N–H and O–H groups in total. The number of rotatable bonds is 2. The number of amides is 2. The third kappa shape index (κ3) is 4.29. The summed E-state index contributed by atoms with van der Waals surface area (Å²) >= 11 is 1.69. The minimum Gasteiger partial charge on any atom is -0.348 e. The van der Waals surface area contributed by atoms with E-state index < -0.39 is 0 Å². The van der Waals surface area contributed by atoms with Gasteiger partial charge in [-0.25, -0.2) is 0 Å². The molecule has 0 radical (unpaired) electrons. The van der Waals surface area contributed by atoms with E-state index in [1.165, 1.54) is 16.7 Å². The number of thioether (sulfide) groups is 1. The molecule has 2 aliphatic heterocycles. The summed E-state index contributed by atoms with van der Waals surface area (Å²) in [6.45, 7) is 3.57. The van der Waals surface area contributed by atoms with Gasteiger partial charge in [-0.2, -0.15) is 0 Å². The highest BCUT2D eigenvalue weighted by atomic mass is 32.2. The van der Waals surface area contributed by atoms with Gasteiger partial charge in [0.25, 0.3) is 5.91 Å². The Morgan fingerprint density at radius 3 is 2.68 bits per heavy atom. The van der Waals surface area contributed by atoms with Crippen molar-refractivity contribution in [1.29, 1.82) is 0 Å². The molecule has 0 spiro atoms. The van der Waals surface area contributed by atoms with Gasteiger partial charge in [-0.1, -0.05) is 54.1 Å². The normalized spacial score (nSPS) is 26.7. The van der Waals surface area contributed by atoms with E-state index in [0.717, 1.165) is 42.7 Å². The Morgan fingerprint density at radius 2 is 1.87 bits per heavy atom. The van der Waals surface area contributed by atoms with E-state index >= 15 is 0 Å². The van der Waals surface area contributed by atoms with Crippen molar-refractivity contribution in [3.63, 3.8) is 0 Å². The van der Waals surface area contributed by atoms with Crippen LogP contribution in [0.1, 0.15) is 41.5 Å². The van der Waals surface area contributed by atoms with Crippen molar-refractivity contribution in [2.75, 3.05) is 6.54 Å². The Morgan fingerprint density at radius 1 is 1.10 bits per heavy atom. The van der Waals surface area contributed by atoms with Crippen molar-refractivity contribution in [3.05, 3.63) is 75.7 Å². The topological polar surface area (TPSA) is 49.4 Å². The van der Waals surface area contributed by atoms with Crippen molar-refractivity contribution in [1.82, 2.24) is 10.2 Å². The third-order valence-electron chi connectivity index (χ3n) is 6.77. The summed E-state index contributed by atoms with van der Waals surface area (Å²) in [4.78, 5) is 28.8. The van der Waals surface area contributed by atoms with Gasteiger partial charge in [-0.15, -0.1) is 11.8 Å². The first-order valence-electron chi connectivity index (χ1n) is 11.2. The fourth-order valence-electron chi connectivity index (χ4n) is 4.97. The Hall–Kier alpha value is -2.53. The lowest BCUT2D eigenvalue weighted by atomic mass is 9.83. The Labute approximate surface area is 188 Å². The predicted octanol–water partition coefficient (Wildman–Crippen LogP) is 4.32. The molecule has 31 heavy (non-hydrogen) atoms. The summed E-state index contributed by atoms with van der Waals surface area (Å²) in [6.07, 6.45) is 5.53. The first kappa shape index (κ1) is 20.4. The van der Waals surface area contributed by atoms with Gasteiger partial charge < -0.3 is 10.2 Å². The molecule has 3 aliphatic rings. The largest absolute Gasteiger partial charge is 0.348 e. The van der Waals surface area contributed by atoms with Gasteiger partial charge in [-0.05, 0) is 55.4 Å². The van der Waals surface area contributed by atoms with Crippen LogP contribution in [0.2, 0.25) is 0 Å². The quantitative estimate of drug-likeness (QED) is 0.719. The molecule has 2 aromatic carbocycles. The Kier molecular flexibility index (Phi) is 5.61. The molecule has 1 saturated heterocycles. The first-order chi connectivity index (χ1) is 15.1. The molecule has 2 fully saturated rings. The molecule has 1 saturated carbocycles. The fourth-order valence-corrected chi connectivity index (χ4v) is 6.27. The SMILES string of the molecule is Cc1ccc(/C=C2/SC3CCC(C(=O)N4CCc5ccccc5C4)CC3NC2=O)cc1. The van der Waals surface area contributed by atoms with Crippen molar-refractivity contribution in [3.8, 4) is 0 Å². The lowest BCUT2D eigenvalue weighted by Gasteiger charge is -2.41. The van der Waals surface area contributed by atoms with Crippen LogP contribution in [-0.2, 0) is 22.6 Å². The standard InChI is InChI=1S/C26H28N2O2S/c1-17-6-8-18(9-7-17)14-24-25(29)27-22-15-20(10-11-23(22)31-24)26(30)28-13-12-19-4-2-3-5-21(19)16-28/h2-9,14,20,22-23H,10-13,15-16H2,1H3,(H,27,29)/b24-14+. The van der Waals surface area contributed by atoms with Crippen LogP contribution < -0.4 is 5.32 Å². The van der Waals surface area contributed by atoms with Crippen LogP contribution in [0.25, 0.3) is 6.08 Å². The molecule has 3 unspecified atom stereocenters. The summed E-state index contributed by atoms with van der Waals surface area (Å²) in [6, 6.07) is 16.7. The van der Waals surface area contributed by atoms with E-state index in [-0.39, 0.29) is 23.8 Å². The zero-order chi connectivity index (χ0) is 21.4. The van der Waals surface area contributed by atoms with Gasteiger partial charge >= 0.3 is 0 Å². The zero-order valence-electron chi connectivity index (χ0n) is 17.8. The lowest BCUT2D eigenvalue weighted by Crippen LogP contribution is -2.52. The van der Waals surface area contributed by atoms with E-state index in [4.69, 9.17) is 0 Å².